The van der Waals surface area contributed by atoms with Crippen molar-refractivity contribution < 1.29 is 37.6 Å². The summed E-state index contributed by atoms with van der Waals surface area (Å²) in [7, 11) is -4.39. The number of rotatable bonds is 45. The summed E-state index contributed by atoms with van der Waals surface area (Å²) in [5.41, 5.74) is 5.36. The van der Waals surface area contributed by atoms with Crippen molar-refractivity contribution in [3.8, 4) is 0 Å². The molecule has 0 spiro atoms. The second kappa shape index (κ2) is 46.2. The third kappa shape index (κ3) is 45.2. The first-order valence-electron chi connectivity index (χ1n) is 24.3. The van der Waals surface area contributed by atoms with Gasteiger partial charge in [-0.3, -0.25) is 18.6 Å². The van der Waals surface area contributed by atoms with Crippen molar-refractivity contribution in [2.45, 2.75) is 219 Å². The number of hydrogen-bond donors (Lipinski definition) is 2. The molecule has 0 aromatic rings. The first kappa shape index (κ1) is 57.7. The molecule has 0 aromatic heterocycles. The van der Waals surface area contributed by atoms with Crippen molar-refractivity contribution in [1.82, 2.24) is 0 Å². The number of phosphoric acid groups is 1. The van der Waals surface area contributed by atoms with Crippen LogP contribution >= 0.6 is 7.82 Å². The number of hydrogen-bond acceptors (Lipinski definition) is 8. The van der Waals surface area contributed by atoms with Crippen LogP contribution in [0, 0.1) is 0 Å². The molecule has 0 aliphatic heterocycles. The van der Waals surface area contributed by atoms with Gasteiger partial charge in [0.05, 0.1) is 13.2 Å². The zero-order valence-electron chi connectivity index (χ0n) is 38.4. The Balaban J connectivity index is 4.13. The number of esters is 2. The molecule has 0 heterocycles. The van der Waals surface area contributed by atoms with Gasteiger partial charge in [-0.25, -0.2) is 4.57 Å². The van der Waals surface area contributed by atoms with Crippen LogP contribution in [-0.2, 0) is 32.7 Å². The van der Waals surface area contributed by atoms with E-state index in [2.05, 4.69) is 74.6 Å². The maximum Gasteiger partial charge on any atom is 0.472 e. The van der Waals surface area contributed by atoms with Gasteiger partial charge in [0.1, 0.15) is 6.61 Å². The van der Waals surface area contributed by atoms with E-state index in [4.69, 9.17) is 24.3 Å². The fourth-order valence-electron chi connectivity index (χ4n) is 6.60. The van der Waals surface area contributed by atoms with Gasteiger partial charge in [0.2, 0.25) is 0 Å². The Morgan fingerprint density at radius 1 is 0.517 bits per heavy atom. The van der Waals surface area contributed by atoms with Crippen molar-refractivity contribution in [2.24, 2.45) is 5.73 Å². The van der Waals surface area contributed by atoms with Crippen LogP contribution in [0.5, 0.6) is 0 Å². The molecule has 10 heteroatoms. The van der Waals surface area contributed by atoms with Gasteiger partial charge >= 0.3 is 19.8 Å². The normalized spacial score (nSPS) is 13.7. The summed E-state index contributed by atoms with van der Waals surface area (Å²) in [5, 5.41) is 0. The maximum atomic E-state index is 12.6. The van der Waals surface area contributed by atoms with Gasteiger partial charge < -0.3 is 20.1 Å². The highest BCUT2D eigenvalue weighted by Gasteiger charge is 2.26. The molecule has 9 nitrogen and oxygen atoms in total. The lowest BCUT2D eigenvalue weighted by Gasteiger charge is -2.19. The molecular formula is C50H90NO8P. The third-order valence-electron chi connectivity index (χ3n) is 10.2. The Bertz CT molecular complexity index is 1170. The summed E-state index contributed by atoms with van der Waals surface area (Å²) in [6.07, 6.45) is 55.4. The predicted molar refractivity (Wildman–Crippen MR) is 252 cm³/mol. The topological polar surface area (TPSA) is 134 Å². The van der Waals surface area contributed by atoms with Crippen LogP contribution in [0.3, 0.4) is 0 Å². The average molecular weight is 864 g/mol. The van der Waals surface area contributed by atoms with Gasteiger partial charge in [-0.05, 0) is 57.8 Å². The summed E-state index contributed by atoms with van der Waals surface area (Å²) in [4.78, 5) is 35.0. The van der Waals surface area contributed by atoms with Crippen LogP contribution in [0.25, 0.3) is 0 Å². The lowest BCUT2D eigenvalue weighted by molar-refractivity contribution is -0.161. The average Bonchev–Trinajstić information content (AvgIpc) is 3.24. The molecular weight excluding hydrogens is 774 g/mol. The Hall–Kier alpha value is -2.29. The highest BCUT2D eigenvalue weighted by molar-refractivity contribution is 7.47. The minimum atomic E-state index is -4.39. The molecule has 2 atom stereocenters. The molecule has 0 amide bonds. The molecule has 0 aromatic carbocycles. The van der Waals surface area contributed by atoms with Gasteiger partial charge in [0.25, 0.3) is 0 Å². The van der Waals surface area contributed by atoms with Gasteiger partial charge in [-0.2, -0.15) is 0 Å². The van der Waals surface area contributed by atoms with Gasteiger partial charge in [-0.1, -0.05) is 203 Å². The molecule has 0 saturated heterocycles. The highest BCUT2D eigenvalue weighted by Crippen LogP contribution is 2.43. The van der Waals surface area contributed by atoms with E-state index < -0.39 is 26.5 Å². The maximum absolute atomic E-state index is 12.6. The van der Waals surface area contributed by atoms with Crippen molar-refractivity contribution in [2.75, 3.05) is 26.4 Å². The first-order chi connectivity index (χ1) is 29.3. The fourth-order valence-corrected chi connectivity index (χ4v) is 7.37. The standard InChI is InChI=1S/C50H90NO8P/c1-3-5-7-9-11-13-15-17-19-21-23-25-26-28-30-32-34-36-38-40-42-49(52)56-46-48(47-58-60(54,55)57-45-44-51)59-50(53)43-41-39-37-35-33-31-29-27-24-22-20-18-16-14-12-10-8-6-4-2/h6,8,12,14,18,20,24,27,31,33,48H,3-5,7,9-11,13,15-17,19,21-23,25-26,28-30,32,34-47,51H2,1-2H3,(H,54,55)/b8-6-,14-12-,20-18-,27-24-,33-31-. The molecule has 2 unspecified atom stereocenters. The van der Waals surface area contributed by atoms with Crippen molar-refractivity contribution in [3.05, 3.63) is 60.8 Å². The van der Waals surface area contributed by atoms with Gasteiger partial charge in [0.15, 0.2) is 6.10 Å². The number of phosphoric ester groups is 1. The molecule has 0 bridgehead atoms. The summed E-state index contributed by atoms with van der Waals surface area (Å²) < 4.78 is 32.9. The van der Waals surface area contributed by atoms with E-state index in [-0.39, 0.29) is 38.6 Å². The van der Waals surface area contributed by atoms with E-state index in [1.54, 1.807) is 0 Å². The molecule has 0 rings (SSSR count). The van der Waals surface area contributed by atoms with E-state index in [9.17, 15) is 19.0 Å². The smallest absolute Gasteiger partial charge is 0.462 e. The minimum Gasteiger partial charge on any atom is -0.462 e. The fraction of sp³-hybridized carbons (Fsp3) is 0.760. The number of allylic oxidation sites excluding steroid dienone is 10. The number of carbonyl (C=O) groups is 2. The quantitative estimate of drug-likeness (QED) is 0.0265. The number of unbranched alkanes of at least 4 members (excludes halogenated alkanes) is 22. The van der Waals surface area contributed by atoms with Crippen LogP contribution in [0.1, 0.15) is 213 Å². The van der Waals surface area contributed by atoms with Crippen molar-refractivity contribution in [1.29, 1.82) is 0 Å². The largest absolute Gasteiger partial charge is 0.472 e. The monoisotopic (exact) mass is 864 g/mol. The van der Waals surface area contributed by atoms with Crippen LogP contribution in [0.15, 0.2) is 60.8 Å². The Morgan fingerprint density at radius 3 is 1.37 bits per heavy atom. The SMILES string of the molecule is CC/C=C\C/C=C\C/C=C\C/C=C\C/C=C\CCCCCC(=O)OC(COC(=O)CCCCCCCCCCCCCCCCCCCCCC)COP(=O)(O)OCCN. The molecule has 3 N–H and O–H groups in total. The molecule has 0 radical (unpaired) electrons. The van der Waals surface area contributed by atoms with Crippen molar-refractivity contribution in [3.63, 3.8) is 0 Å². The summed E-state index contributed by atoms with van der Waals surface area (Å²) >= 11 is 0. The summed E-state index contributed by atoms with van der Waals surface area (Å²) in [5.74, 6) is -0.862. The Labute approximate surface area is 368 Å². The van der Waals surface area contributed by atoms with Gasteiger partial charge in [-0.15, -0.1) is 0 Å². The number of nitrogens with two attached hydrogens (primary N) is 1. The third-order valence-corrected chi connectivity index (χ3v) is 11.2. The Kier molecular flexibility index (Phi) is 44.5. The lowest BCUT2D eigenvalue weighted by Crippen LogP contribution is -2.29. The highest BCUT2D eigenvalue weighted by atomic mass is 31.2. The zero-order valence-corrected chi connectivity index (χ0v) is 39.3. The van der Waals surface area contributed by atoms with Crippen molar-refractivity contribution >= 4 is 19.8 Å². The van der Waals surface area contributed by atoms with Crippen LogP contribution in [0.4, 0.5) is 0 Å². The van der Waals surface area contributed by atoms with Crippen LogP contribution in [-0.4, -0.2) is 49.3 Å². The van der Waals surface area contributed by atoms with E-state index in [0.29, 0.717) is 6.42 Å². The minimum absolute atomic E-state index is 0.0462. The molecule has 348 valence electrons. The Morgan fingerprint density at radius 2 is 0.917 bits per heavy atom. The second-order valence-corrected chi connectivity index (χ2v) is 17.4. The van der Waals surface area contributed by atoms with E-state index in [1.807, 2.05) is 0 Å². The number of carbonyl (C=O) groups excluding carboxylic acids is 2. The first-order valence-corrected chi connectivity index (χ1v) is 25.8. The predicted octanol–water partition coefficient (Wildman–Crippen LogP) is 14.4. The van der Waals surface area contributed by atoms with Crippen LogP contribution < -0.4 is 5.73 Å². The second-order valence-electron chi connectivity index (χ2n) is 16.0. The van der Waals surface area contributed by atoms with Crippen LogP contribution in [0.2, 0.25) is 0 Å². The lowest BCUT2D eigenvalue weighted by atomic mass is 10.0. The molecule has 0 saturated carbocycles. The van der Waals surface area contributed by atoms with E-state index >= 15 is 0 Å². The molecule has 60 heavy (non-hydrogen) atoms. The zero-order chi connectivity index (χ0) is 43.9. The summed E-state index contributed by atoms with van der Waals surface area (Å²) in [6, 6.07) is 0. The number of ether oxygens (including phenoxy) is 2. The molecule has 0 aliphatic carbocycles. The molecule has 0 fully saturated rings. The van der Waals surface area contributed by atoms with Gasteiger partial charge in [0, 0.05) is 19.4 Å². The summed E-state index contributed by atoms with van der Waals surface area (Å²) in [6.45, 7) is 3.60. The van der Waals surface area contributed by atoms with E-state index in [1.165, 1.54) is 109 Å². The molecule has 0 aliphatic rings. The van der Waals surface area contributed by atoms with E-state index in [0.717, 1.165) is 70.6 Å².